The maximum atomic E-state index is 11.7. The van der Waals surface area contributed by atoms with E-state index in [9.17, 15) is 9.59 Å². The van der Waals surface area contributed by atoms with E-state index >= 15 is 0 Å². The number of carbonyl (C=O) groups excluding carboxylic acids is 2. The van der Waals surface area contributed by atoms with Crippen molar-refractivity contribution in [1.82, 2.24) is 0 Å². The van der Waals surface area contributed by atoms with E-state index in [1.807, 2.05) is 6.92 Å². The molecule has 0 aliphatic rings. The topological polar surface area (TPSA) is 52.6 Å². The third-order valence-corrected chi connectivity index (χ3v) is 1.89. The van der Waals surface area contributed by atoms with E-state index in [4.69, 9.17) is 9.47 Å². The molecule has 0 saturated heterocycles. The Balaban J connectivity index is 4.69. The molecule has 0 saturated carbocycles. The van der Waals surface area contributed by atoms with Crippen LogP contribution in [-0.2, 0) is 19.1 Å². The highest BCUT2D eigenvalue weighted by molar-refractivity contribution is 6.17. The van der Waals surface area contributed by atoms with E-state index in [0.717, 1.165) is 0 Å². The molecule has 0 aromatic rings. The van der Waals surface area contributed by atoms with Gasteiger partial charge in [0.15, 0.2) is 5.78 Å². The second-order valence-electron chi connectivity index (χ2n) is 3.52. The van der Waals surface area contributed by atoms with Crippen molar-refractivity contribution in [2.24, 2.45) is 5.92 Å². The Morgan fingerprint density at radius 3 is 2.25 bits per heavy atom. The first-order chi connectivity index (χ1) is 7.54. The van der Waals surface area contributed by atoms with Crippen LogP contribution in [0.5, 0.6) is 0 Å². The molecule has 0 spiro atoms. The summed E-state index contributed by atoms with van der Waals surface area (Å²) in [5, 5.41) is 0. The molecule has 0 heterocycles. The van der Waals surface area contributed by atoms with Gasteiger partial charge in [-0.1, -0.05) is 13.8 Å². The highest BCUT2D eigenvalue weighted by Crippen LogP contribution is 2.08. The molecule has 0 fully saturated rings. The summed E-state index contributed by atoms with van der Waals surface area (Å²) in [5.41, 5.74) is 0.0882. The van der Waals surface area contributed by atoms with Gasteiger partial charge in [-0.3, -0.25) is 4.79 Å². The molecule has 0 aromatic heterocycles. The van der Waals surface area contributed by atoms with Crippen LogP contribution < -0.4 is 0 Å². The van der Waals surface area contributed by atoms with Gasteiger partial charge in [0.05, 0.1) is 13.2 Å². The summed E-state index contributed by atoms with van der Waals surface area (Å²) in [5.74, 6) is -1.00. The summed E-state index contributed by atoms with van der Waals surface area (Å²) in [6.45, 7) is 8.11. The Bertz CT molecular complexity index is 266. The normalized spacial score (nSPS) is 11.7. The number of hydrogen-bond acceptors (Lipinski definition) is 4. The SMILES string of the molecule is CCOCC=C(C(=O)OCC)C(=O)C(C)C. The summed E-state index contributed by atoms with van der Waals surface area (Å²) >= 11 is 0. The zero-order valence-electron chi connectivity index (χ0n) is 10.4. The molecule has 4 nitrogen and oxygen atoms in total. The van der Waals surface area contributed by atoms with Crippen LogP contribution >= 0.6 is 0 Å². The maximum Gasteiger partial charge on any atom is 0.341 e. The highest BCUT2D eigenvalue weighted by Gasteiger charge is 2.21. The Labute approximate surface area is 96.6 Å². The Morgan fingerprint density at radius 1 is 1.19 bits per heavy atom. The fraction of sp³-hybridized carbons (Fsp3) is 0.667. The van der Waals surface area contributed by atoms with Crippen LogP contribution in [0, 0.1) is 5.92 Å². The van der Waals surface area contributed by atoms with Crippen LogP contribution in [0.2, 0.25) is 0 Å². The molecule has 4 heteroatoms. The first-order valence-electron chi connectivity index (χ1n) is 5.53. The van der Waals surface area contributed by atoms with Crippen molar-refractivity contribution in [2.75, 3.05) is 19.8 Å². The van der Waals surface area contributed by atoms with Crippen molar-refractivity contribution >= 4 is 11.8 Å². The molecule has 92 valence electrons. The molecule has 0 radical (unpaired) electrons. The van der Waals surface area contributed by atoms with Crippen molar-refractivity contribution in [3.05, 3.63) is 11.6 Å². The van der Waals surface area contributed by atoms with E-state index in [0.29, 0.717) is 6.61 Å². The standard InChI is InChI=1S/C12H20O4/c1-5-15-8-7-10(11(13)9(3)4)12(14)16-6-2/h7,9H,5-6,8H2,1-4H3. The zero-order valence-corrected chi connectivity index (χ0v) is 10.4. The third-order valence-electron chi connectivity index (χ3n) is 1.89. The fourth-order valence-corrected chi connectivity index (χ4v) is 1.06. The smallest absolute Gasteiger partial charge is 0.341 e. The molecular weight excluding hydrogens is 208 g/mol. The molecule has 0 aliphatic heterocycles. The van der Waals surface area contributed by atoms with E-state index < -0.39 is 5.97 Å². The van der Waals surface area contributed by atoms with Gasteiger partial charge in [0.1, 0.15) is 5.57 Å². The van der Waals surface area contributed by atoms with Crippen molar-refractivity contribution in [1.29, 1.82) is 0 Å². The summed E-state index contributed by atoms with van der Waals surface area (Å²) in [6, 6.07) is 0. The number of Topliss-reactive ketones (excluding diaryl/α,β-unsaturated/α-hetero) is 1. The Hall–Kier alpha value is -1.16. The van der Waals surface area contributed by atoms with Crippen LogP contribution in [0.25, 0.3) is 0 Å². The van der Waals surface area contributed by atoms with Crippen LogP contribution in [0.3, 0.4) is 0 Å². The lowest BCUT2D eigenvalue weighted by atomic mass is 10.0. The molecule has 0 N–H and O–H groups in total. The lowest BCUT2D eigenvalue weighted by Crippen LogP contribution is -2.20. The number of rotatable bonds is 7. The van der Waals surface area contributed by atoms with Crippen LogP contribution in [0.1, 0.15) is 27.7 Å². The molecule has 0 atom stereocenters. The average molecular weight is 228 g/mol. The zero-order chi connectivity index (χ0) is 12.6. The molecule has 0 amide bonds. The van der Waals surface area contributed by atoms with Gasteiger partial charge >= 0.3 is 5.97 Å². The lowest BCUT2D eigenvalue weighted by molar-refractivity contribution is -0.140. The number of hydrogen-bond donors (Lipinski definition) is 0. The number of ether oxygens (including phenoxy) is 2. The maximum absolute atomic E-state index is 11.7. The minimum atomic E-state index is -0.569. The Kier molecular flexibility index (Phi) is 7.46. The van der Waals surface area contributed by atoms with Crippen molar-refractivity contribution in [2.45, 2.75) is 27.7 Å². The second kappa shape index (κ2) is 8.05. The molecule has 0 bridgehead atoms. The highest BCUT2D eigenvalue weighted by atomic mass is 16.5. The van der Waals surface area contributed by atoms with E-state index in [1.165, 1.54) is 6.08 Å². The molecule has 0 rings (SSSR count). The number of ketones is 1. The quantitative estimate of drug-likeness (QED) is 0.219. The van der Waals surface area contributed by atoms with Crippen molar-refractivity contribution < 1.29 is 19.1 Å². The van der Waals surface area contributed by atoms with Gasteiger partial charge < -0.3 is 9.47 Å². The number of esters is 1. The Morgan fingerprint density at radius 2 is 1.81 bits per heavy atom. The predicted molar refractivity (Wildman–Crippen MR) is 61.1 cm³/mol. The molecule has 0 aromatic carbocycles. The summed E-state index contributed by atoms with van der Waals surface area (Å²) < 4.78 is 9.91. The first kappa shape index (κ1) is 14.8. The molecule has 0 unspecified atom stereocenters. The predicted octanol–water partition coefficient (Wildman–Crippen LogP) is 1.74. The van der Waals surface area contributed by atoms with Gasteiger partial charge in [0, 0.05) is 12.5 Å². The third kappa shape index (κ3) is 5.07. The largest absolute Gasteiger partial charge is 0.462 e. The minimum Gasteiger partial charge on any atom is -0.462 e. The number of carbonyl (C=O) groups is 2. The van der Waals surface area contributed by atoms with E-state index in [-0.39, 0.29) is 30.5 Å². The van der Waals surface area contributed by atoms with Gasteiger partial charge in [-0.15, -0.1) is 0 Å². The summed E-state index contributed by atoms with van der Waals surface area (Å²) in [6.07, 6.45) is 1.49. The van der Waals surface area contributed by atoms with E-state index in [2.05, 4.69) is 0 Å². The van der Waals surface area contributed by atoms with Crippen LogP contribution in [0.15, 0.2) is 11.6 Å². The second-order valence-corrected chi connectivity index (χ2v) is 3.52. The van der Waals surface area contributed by atoms with Crippen LogP contribution in [-0.4, -0.2) is 31.6 Å². The molecular formula is C12H20O4. The van der Waals surface area contributed by atoms with Crippen LogP contribution in [0.4, 0.5) is 0 Å². The van der Waals surface area contributed by atoms with E-state index in [1.54, 1.807) is 20.8 Å². The average Bonchev–Trinajstić information content (AvgIpc) is 2.23. The summed E-state index contributed by atoms with van der Waals surface area (Å²) in [7, 11) is 0. The monoisotopic (exact) mass is 228 g/mol. The minimum absolute atomic E-state index is 0.0882. The van der Waals surface area contributed by atoms with Crippen molar-refractivity contribution in [3.8, 4) is 0 Å². The van der Waals surface area contributed by atoms with Gasteiger partial charge in [0.2, 0.25) is 0 Å². The van der Waals surface area contributed by atoms with Gasteiger partial charge in [-0.05, 0) is 19.9 Å². The summed E-state index contributed by atoms with van der Waals surface area (Å²) in [4.78, 5) is 23.2. The van der Waals surface area contributed by atoms with Gasteiger partial charge in [-0.2, -0.15) is 0 Å². The van der Waals surface area contributed by atoms with Gasteiger partial charge in [0.25, 0.3) is 0 Å². The van der Waals surface area contributed by atoms with Gasteiger partial charge in [-0.25, -0.2) is 4.79 Å². The lowest BCUT2D eigenvalue weighted by Gasteiger charge is -2.08. The molecule has 16 heavy (non-hydrogen) atoms. The van der Waals surface area contributed by atoms with Crippen molar-refractivity contribution in [3.63, 3.8) is 0 Å². The first-order valence-corrected chi connectivity index (χ1v) is 5.53. The molecule has 0 aliphatic carbocycles. The fourth-order valence-electron chi connectivity index (χ4n) is 1.06.